The van der Waals surface area contributed by atoms with Gasteiger partial charge in [0.25, 0.3) is 0 Å². The summed E-state index contributed by atoms with van der Waals surface area (Å²) in [6, 6.07) is 0. The summed E-state index contributed by atoms with van der Waals surface area (Å²) in [6.45, 7) is 12.7. The monoisotopic (exact) mass is 202 g/mol. The van der Waals surface area contributed by atoms with Gasteiger partial charge in [0.1, 0.15) is 0 Å². The fourth-order valence-electron chi connectivity index (χ4n) is 0.705. The van der Waals surface area contributed by atoms with Gasteiger partial charge in [0.15, 0.2) is 5.11 Å². The summed E-state index contributed by atoms with van der Waals surface area (Å²) in [5, 5.41) is 7.14. The maximum Gasteiger partial charge on any atom is 0.166 e. The van der Waals surface area contributed by atoms with E-state index in [0.29, 0.717) is 5.92 Å². The van der Waals surface area contributed by atoms with Crippen LogP contribution in [-0.4, -0.2) is 18.2 Å². The Morgan fingerprint density at radius 3 is 2.15 bits per heavy atom. The molecule has 2 nitrogen and oxygen atoms in total. The molecule has 0 heterocycles. The standard InChI is InChI=1S/C10H22N2S/c1-8(2)6-11-9(13)12-7-10(3,4)5/h8H,6-7H2,1-5H3,(H2,11,12,13). The van der Waals surface area contributed by atoms with Gasteiger partial charge in [-0.15, -0.1) is 0 Å². The van der Waals surface area contributed by atoms with Crippen LogP contribution in [-0.2, 0) is 0 Å². The van der Waals surface area contributed by atoms with E-state index in [-0.39, 0.29) is 5.41 Å². The van der Waals surface area contributed by atoms with E-state index in [1.807, 2.05) is 0 Å². The van der Waals surface area contributed by atoms with Crippen LogP contribution in [0.15, 0.2) is 0 Å². The summed E-state index contributed by atoms with van der Waals surface area (Å²) >= 11 is 5.12. The molecule has 0 aromatic rings. The summed E-state index contributed by atoms with van der Waals surface area (Å²) in [5.74, 6) is 0.634. The molecule has 0 saturated heterocycles. The van der Waals surface area contributed by atoms with Gasteiger partial charge in [0.2, 0.25) is 0 Å². The van der Waals surface area contributed by atoms with E-state index in [1.54, 1.807) is 0 Å². The van der Waals surface area contributed by atoms with Crippen LogP contribution < -0.4 is 10.6 Å². The first-order valence-electron chi connectivity index (χ1n) is 4.83. The minimum atomic E-state index is 0.281. The maximum absolute atomic E-state index is 5.12. The molecule has 2 N–H and O–H groups in total. The molecule has 0 aliphatic heterocycles. The molecule has 0 aromatic carbocycles. The number of nitrogens with one attached hydrogen (secondary N) is 2. The van der Waals surface area contributed by atoms with Gasteiger partial charge in [-0.25, -0.2) is 0 Å². The van der Waals surface area contributed by atoms with Gasteiger partial charge in [-0.3, -0.25) is 0 Å². The van der Waals surface area contributed by atoms with Gasteiger partial charge >= 0.3 is 0 Å². The predicted octanol–water partition coefficient (Wildman–Crippen LogP) is 2.15. The highest BCUT2D eigenvalue weighted by atomic mass is 32.1. The molecule has 0 aliphatic carbocycles. The largest absolute Gasteiger partial charge is 0.362 e. The van der Waals surface area contributed by atoms with Crippen LogP contribution in [0.2, 0.25) is 0 Å². The Hall–Kier alpha value is -0.310. The third kappa shape index (κ3) is 9.61. The van der Waals surface area contributed by atoms with Gasteiger partial charge in [-0.2, -0.15) is 0 Å². The predicted molar refractivity (Wildman–Crippen MR) is 62.9 cm³/mol. The summed E-state index contributed by atoms with van der Waals surface area (Å²) < 4.78 is 0. The van der Waals surface area contributed by atoms with Crippen molar-refractivity contribution in [3.63, 3.8) is 0 Å². The molecule has 0 atom stereocenters. The van der Waals surface area contributed by atoms with E-state index in [1.165, 1.54) is 0 Å². The first-order valence-corrected chi connectivity index (χ1v) is 5.24. The quantitative estimate of drug-likeness (QED) is 0.686. The second kappa shape index (κ2) is 5.43. The molecule has 78 valence electrons. The Bertz CT molecular complexity index is 159. The molecule has 0 aliphatic rings. The third-order valence-electron chi connectivity index (χ3n) is 1.45. The Kier molecular flexibility index (Phi) is 5.30. The van der Waals surface area contributed by atoms with E-state index < -0.39 is 0 Å². The second-order valence-corrected chi connectivity index (χ2v) is 5.43. The molecule has 13 heavy (non-hydrogen) atoms. The van der Waals surface area contributed by atoms with E-state index >= 15 is 0 Å². The van der Waals surface area contributed by atoms with Crippen molar-refractivity contribution >= 4 is 17.3 Å². The third-order valence-corrected chi connectivity index (χ3v) is 1.74. The molecule has 0 rings (SSSR count). The summed E-state index contributed by atoms with van der Waals surface area (Å²) in [4.78, 5) is 0. The summed E-state index contributed by atoms with van der Waals surface area (Å²) in [5.41, 5.74) is 0.281. The molecule has 0 radical (unpaired) electrons. The fourth-order valence-corrected chi connectivity index (χ4v) is 0.860. The Labute approximate surface area is 87.5 Å². The van der Waals surface area contributed by atoms with Crippen LogP contribution in [0.25, 0.3) is 0 Å². The molecule has 0 aromatic heterocycles. The van der Waals surface area contributed by atoms with E-state index in [4.69, 9.17) is 12.2 Å². The lowest BCUT2D eigenvalue weighted by Crippen LogP contribution is -2.40. The minimum Gasteiger partial charge on any atom is -0.362 e. The van der Waals surface area contributed by atoms with Gasteiger partial charge in [-0.1, -0.05) is 34.6 Å². The van der Waals surface area contributed by atoms with Gasteiger partial charge in [0, 0.05) is 13.1 Å². The lowest BCUT2D eigenvalue weighted by atomic mass is 9.97. The molecule has 0 saturated carbocycles. The number of hydrogen-bond acceptors (Lipinski definition) is 1. The van der Waals surface area contributed by atoms with Crippen molar-refractivity contribution in [2.24, 2.45) is 11.3 Å². The average Bonchev–Trinajstić information content (AvgIpc) is 1.95. The highest BCUT2D eigenvalue weighted by Gasteiger charge is 2.09. The van der Waals surface area contributed by atoms with E-state index in [2.05, 4.69) is 45.3 Å². The second-order valence-electron chi connectivity index (χ2n) is 5.02. The normalized spacial score (nSPS) is 11.5. The summed E-state index contributed by atoms with van der Waals surface area (Å²) in [6.07, 6.45) is 0. The van der Waals surface area contributed by atoms with Crippen molar-refractivity contribution in [3.05, 3.63) is 0 Å². The zero-order valence-corrected chi connectivity index (χ0v) is 10.2. The van der Waals surface area contributed by atoms with Crippen molar-refractivity contribution in [3.8, 4) is 0 Å². The molecule has 0 amide bonds. The van der Waals surface area contributed by atoms with Crippen molar-refractivity contribution in [2.75, 3.05) is 13.1 Å². The van der Waals surface area contributed by atoms with Crippen molar-refractivity contribution < 1.29 is 0 Å². The zero-order chi connectivity index (χ0) is 10.5. The van der Waals surface area contributed by atoms with E-state index in [0.717, 1.165) is 18.2 Å². The summed E-state index contributed by atoms with van der Waals surface area (Å²) in [7, 11) is 0. The Balaban J connectivity index is 3.53. The molecule has 0 bridgehead atoms. The lowest BCUT2D eigenvalue weighted by Gasteiger charge is -2.20. The molecule has 0 spiro atoms. The molecule has 0 unspecified atom stereocenters. The van der Waals surface area contributed by atoms with Crippen LogP contribution in [0.4, 0.5) is 0 Å². The highest BCUT2D eigenvalue weighted by molar-refractivity contribution is 7.80. The highest BCUT2D eigenvalue weighted by Crippen LogP contribution is 2.09. The fraction of sp³-hybridized carbons (Fsp3) is 0.900. The average molecular weight is 202 g/mol. The SMILES string of the molecule is CC(C)CNC(=S)NCC(C)(C)C. The number of hydrogen-bond donors (Lipinski definition) is 2. The Morgan fingerprint density at radius 2 is 1.77 bits per heavy atom. The van der Waals surface area contributed by atoms with Gasteiger partial charge in [0.05, 0.1) is 0 Å². The van der Waals surface area contributed by atoms with Crippen LogP contribution in [0, 0.1) is 11.3 Å². The molecular formula is C10H22N2S. The van der Waals surface area contributed by atoms with Crippen LogP contribution >= 0.6 is 12.2 Å². The number of rotatable bonds is 3. The van der Waals surface area contributed by atoms with Crippen LogP contribution in [0.1, 0.15) is 34.6 Å². The smallest absolute Gasteiger partial charge is 0.166 e. The Morgan fingerprint density at radius 1 is 1.23 bits per heavy atom. The van der Waals surface area contributed by atoms with Crippen molar-refractivity contribution in [2.45, 2.75) is 34.6 Å². The zero-order valence-electron chi connectivity index (χ0n) is 9.40. The minimum absolute atomic E-state index is 0.281. The number of thiocarbonyl (C=S) groups is 1. The van der Waals surface area contributed by atoms with E-state index in [9.17, 15) is 0 Å². The van der Waals surface area contributed by atoms with Crippen LogP contribution in [0.5, 0.6) is 0 Å². The molecular weight excluding hydrogens is 180 g/mol. The van der Waals surface area contributed by atoms with Gasteiger partial charge < -0.3 is 10.6 Å². The maximum atomic E-state index is 5.12. The van der Waals surface area contributed by atoms with Crippen molar-refractivity contribution in [1.82, 2.24) is 10.6 Å². The topological polar surface area (TPSA) is 24.1 Å². The first-order chi connectivity index (χ1) is 5.81. The van der Waals surface area contributed by atoms with Crippen LogP contribution in [0.3, 0.4) is 0 Å². The molecule has 0 fully saturated rings. The van der Waals surface area contributed by atoms with Gasteiger partial charge in [-0.05, 0) is 23.6 Å². The lowest BCUT2D eigenvalue weighted by molar-refractivity contribution is 0.407. The molecule has 3 heteroatoms. The van der Waals surface area contributed by atoms with Crippen molar-refractivity contribution in [1.29, 1.82) is 0 Å². The first kappa shape index (κ1) is 12.7.